The SMILES string of the molecule is OCC1(Nc2cccc(Cl)c2)COc2cc(O)ccc21. The summed E-state index contributed by atoms with van der Waals surface area (Å²) in [4.78, 5) is 0. The summed E-state index contributed by atoms with van der Waals surface area (Å²) in [7, 11) is 0. The van der Waals surface area contributed by atoms with Crippen LogP contribution in [0.4, 0.5) is 5.69 Å². The number of rotatable bonds is 3. The number of hydrogen-bond acceptors (Lipinski definition) is 4. The molecule has 0 fully saturated rings. The normalized spacial score (nSPS) is 20.3. The number of aliphatic hydroxyl groups is 1. The molecule has 104 valence electrons. The van der Waals surface area contributed by atoms with Crippen molar-refractivity contribution in [2.45, 2.75) is 5.54 Å². The highest BCUT2D eigenvalue weighted by molar-refractivity contribution is 6.30. The molecule has 0 saturated heterocycles. The summed E-state index contributed by atoms with van der Waals surface area (Å²) in [6.07, 6.45) is 0. The Morgan fingerprint density at radius 3 is 2.85 bits per heavy atom. The van der Waals surface area contributed by atoms with Crippen molar-refractivity contribution in [3.63, 3.8) is 0 Å². The van der Waals surface area contributed by atoms with Crippen LogP contribution < -0.4 is 10.1 Å². The van der Waals surface area contributed by atoms with E-state index in [9.17, 15) is 10.2 Å². The van der Waals surface area contributed by atoms with E-state index >= 15 is 0 Å². The Morgan fingerprint density at radius 1 is 1.25 bits per heavy atom. The van der Waals surface area contributed by atoms with Crippen LogP contribution in [-0.2, 0) is 5.54 Å². The lowest BCUT2D eigenvalue weighted by molar-refractivity contribution is 0.177. The number of halogens is 1. The van der Waals surface area contributed by atoms with E-state index in [-0.39, 0.29) is 19.0 Å². The number of phenols is 1. The van der Waals surface area contributed by atoms with Gasteiger partial charge in [0.05, 0.1) is 6.61 Å². The lowest BCUT2D eigenvalue weighted by Crippen LogP contribution is -2.40. The highest BCUT2D eigenvalue weighted by Crippen LogP contribution is 2.41. The Labute approximate surface area is 121 Å². The number of aliphatic hydroxyl groups excluding tert-OH is 1. The van der Waals surface area contributed by atoms with E-state index < -0.39 is 5.54 Å². The summed E-state index contributed by atoms with van der Waals surface area (Å²) in [6.45, 7) is 0.159. The molecule has 0 bridgehead atoms. The molecule has 0 amide bonds. The minimum absolute atomic E-state index is 0.128. The van der Waals surface area contributed by atoms with Gasteiger partial charge in [0.2, 0.25) is 0 Å². The lowest BCUT2D eigenvalue weighted by atomic mass is 9.92. The molecular formula is C15H14ClNO3. The van der Waals surface area contributed by atoms with E-state index in [1.807, 2.05) is 12.1 Å². The second-order valence-corrected chi connectivity index (χ2v) is 5.28. The highest BCUT2D eigenvalue weighted by atomic mass is 35.5. The maximum absolute atomic E-state index is 9.83. The first-order chi connectivity index (χ1) is 9.63. The molecule has 1 heterocycles. The van der Waals surface area contributed by atoms with Crippen molar-refractivity contribution in [3.8, 4) is 11.5 Å². The lowest BCUT2D eigenvalue weighted by Gasteiger charge is -2.28. The van der Waals surface area contributed by atoms with Crippen molar-refractivity contribution in [3.05, 3.63) is 53.1 Å². The number of hydrogen-bond donors (Lipinski definition) is 3. The molecule has 0 radical (unpaired) electrons. The first-order valence-electron chi connectivity index (χ1n) is 6.24. The van der Waals surface area contributed by atoms with Crippen LogP contribution in [0.25, 0.3) is 0 Å². The highest BCUT2D eigenvalue weighted by Gasteiger charge is 2.40. The fourth-order valence-corrected chi connectivity index (χ4v) is 2.61. The van der Waals surface area contributed by atoms with Gasteiger partial charge in [-0.2, -0.15) is 0 Å². The molecule has 0 aliphatic carbocycles. The Balaban J connectivity index is 1.98. The second-order valence-electron chi connectivity index (χ2n) is 4.84. The van der Waals surface area contributed by atoms with Crippen molar-refractivity contribution in [2.75, 3.05) is 18.5 Å². The molecule has 1 aliphatic heterocycles. The van der Waals surface area contributed by atoms with Gasteiger partial charge in [0.1, 0.15) is 23.6 Å². The van der Waals surface area contributed by atoms with Crippen molar-refractivity contribution in [1.29, 1.82) is 0 Å². The van der Waals surface area contributed by atoms with Gasteiger partial charge in [-0.05, 0) is 30.3 Å². The summed E-state index contributed by atoms with van der Waals surface area (Å²) < 4.78 is 5.57. The summed E-state index contributed by atoms with van der Waals surface area (Å²) in [5.74, 6) is 0.717. The summed E-state index contributed by atoms with van der Waals surface area (Å²) in [6, 6.07) is 12.2. The predicted molar refractivity (Wildman–Crippen MR) is 77.4 cm³/mol. The van der Waals surface area contributed by atoms with Crippen molar-refractivity contribution >= 4 is 17.3 Å². The molecular weight excluding hydrogens is 278 g/mol. The standard InChI is InChI=1S/C15H14ClNO3/c16-10-2-1-3-11(6-10)17-15(8-18)9-20-14-7-12(19)4-5-13(14)15/h1-7,17-19H,8-9H2. The molecule has 0 spiro atoms. The molecule has 2 aromatic rings. The first-order valence-corrected chi connectivity index (χ1v) is 6.62. The maximum Gasteiger partial charge on any atom is 0.128 e. The van der Waals surface area contributed by atoms with Crippen LogP contribution in [0.5, 0.6) is 11.5 Å². The minimum atomic E-state index is -0.728. The Hall–Kier alpha value is -1.91. The van der Waals surface area contributed by atoms with Gasteiger partial charge in [-0.1, -0.05) is 17.7 Å². The van der Waals surface area contributed by atoms with Gasteiger partial charge in [0.15, 0.2) is 0 Å². The summed E-state index contributed by atoms with van der Waals surface area (Å²) >= 11 is 5.97. The molecule has 3 N–H and O–H groups in total. The van der Waals surface area contributed by atoms with E-state index in [4.69, 9.17) is 16.3 Å². The Kier molecular flexibility index (Phi) is 3.20. The largest absolute Gasteiger partial charge is 0.508 e. The van der Waals surface area contributed by atoms with E-state index in [2.05, 4.69) is 5.32 Å². The average molecular weight is 292 g/mol. The third kappa shape index (κ3) is 2.17. The molecule has 0 saturated carbocycles. The third-order valence-electron chi connectivity index (χ3n) is 3.43. The van der Waals surface area contributed by atoms with Crippen LogP contribution >= 0.6 is 11.6 Å². The fourth-order valence-electron chi connectivity index (χ4n) is 2.42. The zero-order chi connectivity index (χ0) is 14.2. The van der Waals surface area contributed by atoms with E-state index in [1.54, 1.807) is 30.3 Å². The van der Waals surface area contributed by atoms with Crippen LogP contribution in [0.2, 0.25) is 5.02 Å². The van der Waals surface area contributed by atoms with Gasteiger partial charge in [0, 0.05) is 22.3 Å². The molecule has 5 heteroatoms. The van der Waals surface area contributed by atoms with Crippen molar-refractivity contribution in [1.82, 2.24) is 0 Å². The van der Waals surface area contributed by atoms with Crippen LogP contribution in [0.3, 0.4) is 0 Å². The zero-order valence-corrected chi connectivity index (χ0v) is 11.4. The van der Waals surface area contributed by atoms with Crippen LogP contribution in [0.15, 0.2) is 42.5 Å². The first kappa shape index (κ1) is 13.1. The Bertz CT molecular complexity index is 647. The maximum atomic E-state index is 9.83. The summed E-state index contributed by atoms with van der Waals surface area (Å²) in [5, 5.41) is 23.2. The number of benzene rings is 2. The number of anilines is 1. The van der Waals surface area contributed by atoms with E-state index in [0.717, 1.165) is 11.3 Å². The molecule has 1 aliphatic rings. The zero-order valence-electron chi connectivity index (χ0n) is 10.6. The molecule has 20 heavy (non-hydrogen) atoms. The molecule has 0 aromatic heterocycles. The number of nitrogens with one attached hydrogen (secondary N) is 1. The van der Waals surface area contributed by atoms with Crippen LogP contribution in [0, 0.1) is 0 Å². The van der Waals surface area contributed by atoms with Crippen molar-refractivity contribution in [2.24, 2.45) is 0 Å². The van der Waals surface area contributed by atoms with Crippen LogP contribution in [0.1, 0.15) is 5.56 Å². The number of fused-ring (bicyclic) bond motifs is 1. The monoisotopic (exact) mass is 291 g/mol. The molecule has 3 rings (SSSR count). The number of aromatic hydroxyl groups is 1. The third-order valence-corrected chi connectivity index (χ3v) is 3.67. The second kappa shape index (κ2) is 4.89. The molecule has 1 unspecified atom stereocenters. The van der Waals surface area contributed by atoms with Crippen molar-refractivity contribution < 1.29 is 14.9 Å². The quantitative estimate of drug-likeness (QED) is 0.814. The van der Waals surface area contributed by atoms with E-state index in [1.165, 1.54) is 0 Å². The van der Waals surface area contributed by atoms with Gasteiger partial charge >= 0.3 is 0 Å². The van der Waals surface area contributed by atoms with Crippen LogP contribution in [-0.4, -0.2) is 23.4 Å². The van der Waals surface area contributed by atoms with Gasteiger partial charge in [0.25, 0.3) is 0 Å². The van der Waals surface area contributed by atoms with E-state index in [0.29, 0.717) is 10.8 Å². The van der Waals surface area contributed by atoms with Gasteiger partial charge in [-0.15, -0.1) is 0 Å². The smallest absolute Gasteiger partial charge is 0.128 e. The fraction of sp³-hybridized carbons (Fsp3) is 0.200. The molecule has 4 nitrogen and oxygen atoms in total. The predicted octanol–water partition coefficient (Wildman–Crippen LogP) is 2.74. The average Bonchev–Trinajstić information content (AvgIpc) is 2.77. The minimum Gasteiger partial charge on any atom is -0.508 e. The number of ether oxygens (including phenoxy) is 1. The topological polar surface area (TPSA) is 61.7 Å². The summed E-state index contributed by atoms with van der Waals surface area (Å²) in [5.41, 5.74) is 0.891. The molecule has 1 atom stereocenters. The van der Waals surface area contributed by atoms with Gasteiger partial charge in [-0.25, -0.2) is 0 Å². The Morgan fingerprint density at radius 2 is 2.10 bits per heavy atom. The van der Waals surface area contributed by atoms with Gasteiger partial charge < -0.3 is 20.3 Å². The number of phenolic OH excluding ortho intramolecular Hbond substituents is 1. The molecule has 2 aromatic carbocycles. The van der Waals surface area contributed by atoms with Gasteiger partial charge in [-0.3, -0.25) is 0 Å².